The Kier molecular flexibility index (Phi) is 4.13. The zero-order valence-electron chi connectivity index (χ0n) is 10.7. The SMILES string of the molecule is Fc1ccc(Br)cc1NC1CC(c2ccc(Br)cc2)C1. The van der Waals surface area contributed by atoms with Crippen molar-refractivity contribution in [2.45, 2.75) is 24.8 Å². The zero-order chi connectivity index (χ0) is 14.1. The molecule has 0 heterocycles. The molecule has 1 aliphatic carbocycles. The molecular weight excluding hydrogens is 385 g/mol. The van der Waals surface area contributed by atoms with Crippen molar-refractivity contribution in [2.75, 3.05) is 5.32 Å². The number of halogens is 3. The monoisotopic (exact) mass is 397 g/mol. The van der Waals surface area contributed by atoms with Gasteiger partial charge in [0.1, 0.15) is 5.82 Å². The van der Waals surface area contributed by atoms with Gasteiger partial charge in [0, 0.05) is 15.0 Å². The Morgan fingerprint density at radius 3 is 2.30 bits per heavy atom. The number of hydrogen-bond donors (Lipinski definition) is 1. The molecule has 0 aliphatic heterocycles. The molecule has 0 radical (unpaired) electrons. The normalized spacial score (nSPS) is 21.4. The van der Waals surface area contributed by atoms with Gasteiger partial charge < -0.3 is 5.32 Å². The first kappa shape index (κ1) is 14.1. The molecule has 0 unspecified atom stereocenters. The molecule has 1 N–H and O–H groups in total. The van der Waals surface area contributed by atoms with Crippen LogP contribution in [0.15, 0.2) is 51.4 Å². The molecule has 3 rings (SSSR count). The summed E-state index contributed by atoms with van der Waals surface area (Å²) >= 11 is 6.82. The van der Waals surface area contributed by atoms with Crippen molar-refractivity contribution in [2.24, 2.45) is 0 Å². The maximum atomic E-state index is 13.7. The van der Waals surface area contributed by atoms with Crippen molar-refractivity contribution >= 4 is 37.5 Å². The van der Waals surface area contributed by atoms with Gasteiger partial charge in [-0.1, -0.05) is 44.0 Å². The Morgan fingerprint density at radius 1 is 0.950 bits per heavy atom. The Balaban J connectivity index is 1.60. The lowest BCUT2D eigenvalue weighted by Gasteiger charge is -2.37. The van der Waals surface area contributed by atoms with E-state index < -0.39 is 0 Å². The molecule has 0 amide bonds. The predicted octanol–water partition coefficient (Wildman–Crippen LogP) is 5.71. The minimum Gasteiger partial charge on any atom is -0.380 e. The van der Waals surface area contributed by atoms with Crippen LogP contribution < -0.4 is 5.32 Å². The number of anilines is 1. The molecule has 0 bridgehead atoms. The molecule has 104 valence electrons. The van der Waals surface area contributed by atoms with Gasteiger partial charge in [0.25, 0.3) is 0 Å². The number of nitrogens with one attached hydrogen (secondary N) is 1. The summed E-state index contributed by atoms with van der Waals surface area (Å²) < 4.78 is 15.7. The fourth-order valence-corrected chi connectivity index (χ4v) is 3.20. The van der Waals surface area contributed by atoms with E-state index in [4.69, 9.17) is 0 Å². The average molecular weight is 399 g/mol. The summed E-state index contributed by atoms with van der Waals surface area (Å²) in [7, 11) is 0. The van der Waals surface area contributed by atoms with E-state index in [1.165, 1.54) is 11.6 Å². The number of benzene rings is 2. The molecule has 1 fully saturated rings. The molecule has 0 spiro atoms. The van der Waals surface area contributed by atoms with Gasteiger partial charge in [-0.2, -0.15) is 0 Å². The first-order chi connectivity index (χ1) is 9.61. The Bertz CT molecular complexity index is 606. The van der Waals surface area contributed by atoms with Gasteiger partial charge in [0.2, 0.25) is 0 Å². The highest BCUT2D eigenvalue weighted by Gasteiger charge is 2.30. The molecule has 0 atom stereocenters. The Hall–Kier alpha value is -0.870. The summed E-state index contributed by atoms with van der Waals surface area (Å²) in [5.74, 6) is 0.385. The summed E-state index contributed by atoms with van der Waals surface area (Å²) in [5.41, 5.74) is 1.94. The highest BCUT2D eigenvalue weighted by atomic mass is 79.9. The third kappa shape index (κ3) is 3.07. The first-order valence-corrected chi connectivity index (χ1v) is 8.17. The number of rotatable bonds is 3. The highest BCUT2D eigenvalue weighted by Crippen LogP contribution is 2.39. The minimum atomic E-state index is -0.194. The van der Waals surface area contributed by atoms with Gasteiger partial charge in [-0.05, 0) is 54.7 Å². The lowest BCUT2D eigenvalue weighted by atomic mass is 9.76. The van der Waals surface area contributed by atoms with Crippen molar-refractivity contribution in [3.05, 3.63) is 62.8 Å². The van der Waals surface area contributed by atoms with E-state index in [1.54, 1.807) is 12.1 Å². The third-order valence-electron chi connectivity index (χ3n) is 3.77. The van der Waals surface area contributed by atoms with Gasteiger partial charge in [-0.25, -0.2) is 4.39 Å². The highest BCUT2D eigenvalue weighted by molar-refractivity contribution is 9.10. The summed E-state index contributed by atoms with van der Waals surface area (Å²) in [5, 5.41) is 3.28. The number of hydrogen-bond acceptors (Lipinski definition) is 1. The van der Waals surface area contributed by atoms with Crippen LogP contribution in [0.1, 0.15) is 24.3 Å². The van der Waals surface area contributed by atoms with E-state index in [0.717, 1.165) is 21.8 Å². The van der Waals surface area contributed by atoms with Crippen LogP contribution in [0.25, 0.3) is 0 Å². The molecule has 1 aliphatic rings. The molecule has 20 heavy (non-hydrogen) atoms. The second kappa shape index (κ2) is 5.86. The molecular formula is C16H14Br2FN. The van der Waals surface area contributed by atoms with E-state index in [1.807, 2.05) is 0 Å². The quantitative estimate of drug-likeness (QED) is 0.698. The van der Waals surface area contributed by atoms with Crippen LogP contribution in [-0.4, -0.2) is 6.04 Å². The van der Waals surface area contributed by atoms with E-state index in [0.29, 0.717) is 17.6 Å². The van der Waals surface area contributed by atoms with Crippen molar-refractivity contribution < 1.29 is 4.39 Å². The van der Waals surface area contributed by atoms with Gasteiger partial charge in [-0.3, -0.25) is 0 Å². The molecule has 2 aromatic rings. The van der Waals surface area contributed by atoms with E-state index in [9.17, 15) is 4.39 Å². The smallest absolute Gasteiger partial charge is 0.146 e. The fourth-order valence-electron chi connectivity index (χ4n) is 2.57. The summed E-state index contributed by atoms with van der Waals surface area (Å²) in [6, 6.07) is 13.8. The maximum Gasteiger partial charge on any atom is 0.146 e. The van der Waals surface area contributed by atoms with Crippen molar-refractivity contribution in [1.82, 2.24) is 0 Å². The van der Waals surface area contributed by atoms with Crippen LogP contribution in [0.3, 0.4) is 0 Å². The molecule has 4 heteroatoms. The first-order valence-electron chi connectivity index (χ1n) is 6.59. The molecule has 0 saturated heterocycles. The lowest BCUT2D eigenvalue weighted by Crippen LogP contribution is -2.34. The minimum absolute atomic E-state index is 0.194. The zero-order valence-corrected chi connectivity index (χ0v) is 13.9. The van der Waals surface area contributed by atoms with Gasteiger partial charge >= 0.3 is 0 Å². The van der Waals surface area contributed by atoms with Crippen LogP contribution in [0.2, 0.25) is 0 Å². The largest absolute Gasteiger partial charge is 0.380 e. The van der Waals surface area contributed by atoms with Crippen molar-refractivity contribution in [3.63, 3.8) is 0 Å². The summed E-state index contributed by atoms with van der Waals surface area (Å²) in [6.45, 7) is 0. The fraction of sp³-hybridized carbons (Fsp3) is 0.250. The van der Waals surface area contributed by atoms with Crippen LogP contribution in [0.4, 0.5) is 10.1 Å². The van der Waals surface area contributed by atoms with Crippen molar-refractivity contribution in [1.29, 1.82) is 0 Å². The third-order valence-corrected chi connectivity index (χ3v) is 4.79. The van der Waals surface area contributed by atoms with Gasteiger partial charge in [0.05, 0.1) is 5.69 Å². The second-order valence-corrected chi connectivity index (χ2v) is 7.02. The van der Waals surface area contributed by atoms with Crippen LogP contribution >= 0.6 is 31.9 Å². The Labute approximate surface area is 134 Å². The predicted molar refractivity (Wildman–Crippen MR) is 87.6 cm³/mol. The molecule has 2 aromatic carbocycles. The van der Waals surface area contributed by atoms with Crippen LogP contribution in [0, 0.1) is 5.82 Å². The van der Waals surface area contributed by atoms with E-state index in [-0.39, 0.29) is 5.82 Å². The topological polar surface area (TPSA) is 12.0 Å². The summed E-state index contributed by atoms with van der Waals surface area (Å²) in [4.78, 5) is 0. The molecule has 1 saturated carbocycles. The van der Waals surface area contributed by atoms with E-state index in [2.05, 4.69) is 61.4 Å². The lowest BCUT2D eigenvalue weighted by molar-refractivity contribution is 0.373. The van der Waals surface area contributed by atoms with Crippen LogP contribution in [0.5, 0.6) is 0 Å². The standard InChI is InChI=1S/C16H14Br2FN/c17-12-3-1-10(2-4-12)11-7-14(8-11)20-16-9-13(18)5-6-15(16)19/h1-6,9,11,14,20H,7-8H2. The second-order valence-electron chi connectivity index (χ2n) is 5.19. The van der Waals surface area contributed by atoms with E-state index >= 15 is 0 Å². The summed E-state index contributed by atoms with van der Waals surface area (Å²) in [6.07, 6.45) is 2.10. The Morgan fingerprint density at radius 2 is 1.60 bits per heavy atom. The maximum absolute atomic E-state index is 13.7. The van der Waals surface area contributed by atoms with Crippen molar-refractivity contribution in [3.8, 4) is 0 Å². The van der Waals surface area contributed by atoms with Gasteiger partial charge in [-0.15, -0.1) is 0 Å². The van der Waals surface area contributed by atoms with Crippen LogP contribution in [-0.2, 0) is 0 Å². The average Bonchev–Trinajstić information content (AvgIpc) is 2.39. The molecule has 1 nitrogen and oxygen atoms in total. The molecule has 0 aromatic heterocycles. The van der Waals surface area contributed by atoms with Gasteiger partial charge in [0.15, 0.2) is 0 Å².